The molecule has 1 saturated heterocycles. The number of aliphatic hydroxyl groups excluding tert-OH is 1. The molecule has 6 rings (SSSR count). The van der Waals surface area contributed by atoms with Crippen molar-refractivity contribution in [1.29, 1.82) is 0 Å². The zero-order valence-corrected chi connectivity index (χ0v) is 24.1. The number of aromatic nitrogens is 2. The van der Waals surface area contributed by atoms with Crippen molar-refractivity contribution in [1.82, 2.24) is 10.2 Å². The van der Waals surface area contributed by atoms with Gasteiger partial charge < -0.3 is 14.6 Å². The summed E-state index contributed by atoms with van der Waals surface area (Å²) in [6, 6.07) is 21.6. The monoisotopic (exact) mass is 585 g/mol. The molecule has 1 aromatic heterocycles. The molecule has 2 atom stereocenters. The number of carbonyl (C=O) groups excluding carboxylic acids is 2. The van der Waals surface area contributed by atoms with Crippen molar-refractivity contribution < 1.29 is 24.2 Å². The number of hydrogen-bond acceptors (Lipinski definition) is 9. The van der Waals surface area contributed by atoms with Gasteiger partial charge in [0.2, 0.25) is 5.13 Å². The fraction of sp³-hybridized carbons (Fsp3) is 0.226. The molecule has 0 saturated carbocycles. The van der Waals surface area contributed by atoms with Crippen LogP contribution in [0.4, 0.5) is 5.13 Å². The first-order valence-electron chi connectivity index (χ1n) is 13.3. The minimum atomic E-state index is -0.918. The van der Waals surface area contributed by atoms with Crippen LogP contribution in [-0.2, 0) is 21.8 Å². The summed E-state index contributed by atoms with van der Waals surface area (Å²) < 4.78 is 12.2. The Hall–Kier alpha value is -4.15. The Labute approximate surface area is 245 Å². The second-order valence-corrected chi connectivity index (χ2v) is 11.9. The summed E-state index contributed by atoms with van der Waals surface area (Å²) in [5.74, 6) is 0.235. The Balaban J connectivity index is 1.41. The number of carbonyl (C=O) groups is 2. The molecule has 1 amide bonds. The summed E-state index contributed by atoms with van der Waals surface area (Å²) in [5.41, 5.74) is 3.13. The molecule has 0 bridgehead atoms. The van der Waals surface area contributed by atoms with Gasteiger partial charge in [-0.25, -0.2) is 0 Å². The van der Waals surface area contributed by atoms with E-state index in [2.05, 4.69) is 10.2 Å². The standard InChI is InChI=1S/C31H27N3O5S2/c1-3-38-23-11-7-10-20(16-23)26-25(27(35)21-12-13-24-22(15-21)14-18(2)39-24)28(36)29(37)34(26)30-32-33-31(41-30)40-17-19-8-5-4-6-9-19/h4-13,15-16,18,26,35H,3,14,17H2,1-2H3/b27-25+/t18-,26+/m1/s1. The first kappa shape index (κ1) is 27.0. The average molecular weight is 586 g/mol. The largest absolute Gasteiger partial charge is 0.507 e. The molecule has 41 heavy (non-hydrogen) atoms. The van der Waals surface area contributed by atoms with Gasteiger partial charge in [0.15, 0.2) is 4.34 Å². The van der Waals surface area contributed by atoms with E-state index >= 15 is 0 Å². The average Bonchev–Trinajstić information content (AvgIpc) is 3.67. The highest BCUT2D eigenvalue weighted by molar-refractivity contribution is 8.00. The van der Waals surface area contributed by atoms with Crippen LogP contribution in [-0.4, -0.2) is 39.7 Å². The maximum absolute atomic E-state index is 13.6. The Morgan fingerprint density at radius 3 is 2.73 bits per heavy atom. The topological polar surface area (TPSA) is 102 Å². The molecular weight excluding hydrogens is 558 g/mol. The predicted octanol–water partition coefficient (Wildman–Crippen LogP) is 6.18. The number of ether oxygens (including phenoxy) is 2. The van der Waals surface area contributed by atoms with Gasteiger partial charge in [0.25, 0.3) is 5.78 Å². The van der Waals surface area contributed by atoms with Crippen LogP contribution in [0, 0.1) is 0 Å². The SMILES string of the molecule is CCOc1cccc([C@H]2/C(=C(\O)c3ccc4c(c3)C[C@@H](C)O4)C(=O)C(=O)N2c2nnc(SCc3ccccc3)s2)c1. The number of thioether (sulfide) groups is 1. The van der Waals surface area contributed by atoms with Crippen LogP contribution in [0.5, 0.6) is 11.5 Å². The lowest BCUT2D eigenvalue weighted by atomic mass is 9.94. The third kappa shape index (κ3) is 5.32. The number of nitrogens with zero attached hydrogens (tertiary/aromatic N) is 3. The van der Waals surface area contributed by atoms with E-state index in [1.165, 1.54) is 28.0 Å². The molecule has 0 radical (unpaired) electrons. The summed E-state index contributed by atoms with van der Waals surface area (Å²) >= 11 is 2.74. The number of rotatable bonds is 8. The maximum Gasteiger partial charge on any atom is 0.301 e. The quantitative estimate of drug-likeness (QED) is 0.0860. The highest BCUT2D eigenvalue weighted by atomic mass is 32.2. The molecule has 0 unspecified atom stereocenters. The normalized spacial score (nSPS) is 19.3. The Bertz CT molecular complexity index is 1650. The van der Waals surface area contributed by atoms with Crippen molar-refractivity contribution in [3.05, 3.63) is 101 Å². The van der Waals surface area contributed by atoms with Gasteiger partial charge in [-0.1, -0.05) is 65.6 Å². The molecule has 8 nitrogen and oxygen atoms in total. The first-order valence-corrected chi connectivity index (χ1v) is 15.1. The van der Waals surface area contributed by atoms with Gasteiger partial charge in [-0.15, -0.1) is 10.2 Å². The Morgan fingerprint density at radius 1 is 1.10 bits per heavy atom. The minimum absolute atomic E-state index is 0.00995. The third-order valence-electron chi connectivity index (χ3n) is 6.91. The molecule has 0 aliphatic carbocycles. The van der Waals surface area contributed by atoms with Gasteiger partial charge in [-0.05, 0) is 60.9 Å². The van der Waals surface area contributed by atoms with Gasteiger partial charge >= 0.3 is 5.91 Å². The zero-order valence-electron chi connectivity index (χ0n) is 22.4. The molecule has 1 fully saturated rings. The van der Waals surface area contributed by atoms with Crippen molar-refractivity contribution in [2.75, 3.05) is 11.5 Å². The van der Waals surface area contributed by atoms with Crippen molar-refractivity contribution in [2.45, 2.75) is 42.5 Å². The van der Waals surface area contributed by atoms with E-state index in [4.69, 9.17) is 9.47 Å². The highest BCUT2D eigenvalue weighted by Gasteiger charge is 2.48. The van der Waals surface area contributed by atoms with Crippen molar-refractivity contribution in [2.24, 2.45) is 0 Å². The van der Waals surface area contributed by atoms with E-state index in [9.17, 15) is 14.7 Å². The molecular formula is C31H27N3O5S2. The minimum Gasteiger partial charge on any atom is -0.507 e. The van der Waals surface area contributed by atoms with E-state index in [1.54, 1.807) is 24.3 Å². The van der Waals surface area contributed by atoms with Crippen molar-refractivity contribution in [3.63, 3.8) is 0 Å². The summed E-state index contributed by atoms with van der Waals surface area (Å²) in [7, 11) is 0. The van der Waals surface area contributed by atoms with Gasteiger partial charge in [0.05, 0.1) is 18.2 Å². The molecule has 0 spiro atoms. The van der Waals surface area contributed by atoms with Crippen LogP contribution < -0.4 is 14.4 Å². The lowest BCUT2D eigenvalue weighted by Gasteiger charge is -2.23. The van der Waals surface area contributed by atoms with E-state index in [-0.39, 0.29) is 22.6 Å². The van der Waals surface area contributed by atoms with Gasteiger partial charge in [0.1, 0.15) is 23.4 Å². The predicted molar refractivity (Wildman–Crippen MR) is 159 cm³/mol. The number of aliphatic hydroxyl groups is 1. The number of amides is 1. The van der Waals surface area contributed by atoms with Crippen molar-refractivity contribution >= 4 is 45.7 Å². The molecule has 10 heteroatoms. The van der Waals surface area contributed by atoms with Crippen LogP contribution in [0.2, 0.25) is 0 Å². The molecule has 1 N–H and O–H groups in total. The number of fused-ring (bicyclic) bond motifs is 1. The number of anilines is 1. The van der Waals surface area contributed by atoms with E-state index in [0.29, 0.717) is 40.0 Å². The van der Waals surface area contributed by atoms with E-state index in [0.717, 1.165) is 16.9 Å². The smallest absolute Gasteiger partial charge is 0.301 e. The Morgan fingerprint density at radius 2 is 1.93 bits per heavy atom. The number of benzene rings is 3. The summed E-state index contributed by atoms with van der Waals surface area (Å²) in [6.45, 7) is 4.32. The van der Waals surface area contributed by atoms with E-state index in [1.807, 2.05) is 62.4 Å². The fourth-order valence-corrected chi connectivity index (χ4v) is 6.91. The number of hydrogen-bond donors (Lipinski definition) is 1. The molecule has 3 heterocycles. The number of ketones is 1. The molecule has 2 aliphatic heterocycles. The lowest BCUT2D eigenvalue weighted by Crippen LogP contribution is -2.29. The summed E-state index contributed by atoms with van der Waals surface area (Å²) in [6.07, 6.45) is 0.722. The van der Waals surface area contributed by atoms with Crippen LogP contribution in [0.15, 0.2) is 82.7 Å². The second kappa shape index (κ2) is 11.4. The molecule has 4 aromatic rings. The van der Waals surface area contributed by atoms with Gasteiger partial charge in [-0.2, -0.15) is 0 Å². The summed E-state index contributed by atoms with van der Waals surface area (Å²) in [4.78, 5) is 28.5. The molecule has 208 valence electrons. The zero-order chi connectivity index (χ0) is 28.5. The fourth-order valence-electron chi connectivity index (χ4n) is 5.09. The van der Waals surface area contributed by atoms with Crippen LogP contribution >= 0.6 is 23.1 Å². The van der Waals surface area contributed by atoms with Crippen LogP contribution in [0.1, 0.15) is 42.1 Å². The van der Waals surface area contributed by atoms with Gasteiger partial charge in [-0.3, -0.25) is 14.5 Å². The number of Topliss-reactive ketones (excluding diaryl/α,β-unsaturated/α-hetero) is 1. The second-order valence-electron chi connectivity index (χ2n) is 9.75. The van der Waals surface area contributed by atoms with Crippen LogP contribution in [0.25, 0.3) is 5.76 Å². The molecule has 3 aromatic carbocycles. The molecule has 2 aliphatic rings. The van der Waals surface area contributed by atoms with Crippen LogP contribution in [0.3, 0.4) is 0 Å². The lowest BCUT2D eigenvalue weighted by molar-refractivity contribution is -0.132. The van der Waals surface area contributed by atoms with E-state index < -0.39 is 17.7 Å². The highest BCUT2D eigenvalue weighted by Crippen LogP contribution is 2.45. The maximum atomic E-state index is 13.6. The summed E-state index contributed by atoms with van der Waals surface area (Å²) in [5, 5.41) is 20.4. The van der Waals surface area contributed by atoms with Gasteiger partial charge in [0, 0.05) is 17.7 Å². The van der Waals surface area contributed by atoms with Crippen molar-refractivity contribution in [3.8, 4) is 11.5 Å². The third-order valence-corrected chi connectivity index (χ3v) is 9.03. The first-order chi connectivity index (χ1) is 19.9. The Kier molecular flexibility index (Phi) is 7.51.